The Morgan fingerprint density at radius 2 is 0.247 bits per heavy atom. The number of hydrogen-bond acceptors (Lipinski definition) is 53. The van der Waals surface area contributed by atoms with Crippen molar-refractivity contribution in [1.82, 2.24) is 55.1 Å². The summed E-state index contributed by atoms with van der Waals surface area (Å²) in [6, 6.07) is 0. The van der Waals surface area contributed by atoms with Gasteiger partial charge in [0, 0.05) is 0 Å². The Labute approximate surface area is 482 Å². The molecule has 0 saturated heterocycles. The number of aliphatic imine (C=N–C) groups is 36. The lowest BCUT2D eigenvalue weighted by Gasteiger charge is -2.37. The Morgan fingerprint density at radius 1 is 0.135 bits per heavy atom. The van der Waals surface area contributed by atoms with Gasteiger partial charge in [0.1, 0.15) is 0 Å². The van der Waals surface area contributed by atoms with Crippen LogP contribution in [0.5, 0.6) is 0 Å². The molecule has 424 valence electrons. The summed E-state index contributed by atoms with van der Waals surface area (Å²) < 4.78 is 0. The molecule has 20 rings (SSSR count). The first-order chi connectivity index (χ1) is 43.3. The van der Waals surface area contributed by atoms with E-state index in [1.165, 1.54) is 29.4 Å². The highest BCUT2D eigenvalue weighted by Gasteiger charge is 2.48. The van der Waals surface area contributed by atoms with Crippen LogP contribution in [-0.2, 0) is 0 Å². The van der Waals surface area contributed by atoms with Gasteiger partial charge < -0.3 is 34.4 Å². The van der Waals surface area contributed by atoms with Crippen molar-refractivity contribution in [2.45, 2.75) is 0 Å². The van der Waals surface area contributed by atoms with E-state index in [-0.39, 0.29) is 203 Å². The molecule has 15 N–H and O–H groups in total. The third-order valence-corrected chi connectivity index (χ3v) is 12.9. The van der Waals surface area contributed by atoms with Gasteiger partial charge in [-0.15, -0.1) is 0 Å². The van der Waals surface area contributed by atoms with Crippen LogP contribution < -0.4 is 50.4 Å². The fraction of sp³-hybridized carbons (Fsp3) is 0. The zero-order chi connectivity index (χ0) is 59.0. The minimum Gasteiger partial charge on any atom is -0.368 e. The monoisotopic (exact) mass is 1190 g/mol. The first-order valence-corrected chi connectivity index (χ1v) is 24.7. The van der Waals surface area contributed by atoms with Crippen LogP contribution in [0.3, 0.4) is 0 Å². The van der Waals surface area contributed by atoms with Gasteiger partial charge in [-0.05, 0) is 0 Å². The van der Waals surface area contributed by atoms with E-state index in [1.807, 2.05) is 0 Å². The molecule has 17 bridgehead atoms. The Bertz CT molecular complexity index is 5050. The highest BCUT2D eigenvalue weighted by atomic mass is 15.7. The molecular formula is C36H15N53. The molecule has 0 spiro atoms. The Morgan fingerprint density at radius 3 is 0.449 bits per heavy atom. The first-order valence-electron chi connectivity index (χ1n) is 24.7. The number of hydrogen-bond donors (Lipinski definition) is 9. The summed E-state index contributed by atoms with van der Waals surface area (Å²) in [6.45, 7) is 0. The van der Waals surface area contributed by atoms with Gasteiger partial charge in [-0.3, -0.25) is 16.0 Å². The molecule has 0 aromatic heterocycles. The second-order valence-electron chi connectivity index (χ2n) is 18.4. The van der Waals surface area contributed by atoms with Crippen molar-refractivity contribution in [3.8, 4) is 0 Å². The third kappa shape index (κ3) is 6.49. The number of guanidine groups is 36. The Balaban J connectivity index is 0.877. The van der Waals surface area contributed by atoms with E-state index < -0.39 is 11.9 Å². The molecule has 53 heteroatoms. The fourth-order valence-corrected chi connectivity index (χ4v) is 9.52. The molecular weight excluding hydrogens is 1170 g/mol. The van der Waals surface area contributed by atoms with Crippen LogP contribution in [0.15, 0.2) is 180 Å². The highest BCUT2D eigenvalue weighted by Crippen LogP contribution is 2.29. The summed E-state index contributed by atoms with van der Waals surface area (Å²) in [7, 11) is 0. The molecule has 0 atom stereocenters. The van der Waals surface area contributed by atoms with Crippen LogP contribution >= 0.6 is 0 Å². The molecule has 0 amide bonds. The van der Waals surface area contributed by atoms with Gasteiger partial charge in [0.2, 0.25) is 215 Å². The van der Waals surface area contributed by atoms with E-state index in [0.717, 1.165) is 9.80 Å². The van der Waals surface area contributed by atoms with Crippen LogP contribution in [0, 0.1) is 0 Å². The lowest BCUT2D eigenvalue weighted by atomic mass is 10.4. The maximum atomic E-state index is 6.37. The zero-order valence-electron chi connectivity index (χ0n) is 42.6. The van der Waals surface area contributed by atoms with Gasteiger partial charge in [0.25, 0.3) is 0 Å². The minimum atomic E-state index is -0.412. The van der Waals surface area contributed by atoms with E-state index in [1.54, 1.807) is 0 Å². The maximum absolute atomic E-state index is 6.37. The van der Waals surface area contributed by atoms with Crippen molar-refractivity contribution in [1.29, 1.82) is 0 Å². The molecule has 20 aliphatic rings. The van der Waals surface area contributed by atoms with Gasteiger partial charge in [0.15, 0.2) is 0 Å². The molecule has 0 radical (unpaired) electrons. The van der Waals surface area contributed by atoms with Crippen molar-refractivity contribution < 1.29 is 0 Å². The lowest BCUT2D eigenvalue weighted by molar-refractivity contribution is 0.745. The van der Waals surface area contributed by atoms with Gasteiger partial charge >= 0.3 is 0 Å². The Kier molecular flexibility index (Phi) is 7.86. The van der Waals surface area contributed by atoms with Crippen LogP contribution in [0.4, 0.5) is 0 Å². The molecule has 0 aliphatic carbocycles. The number of rotatable bonds is 0. The number of nitrogens with zero attached hydrogens (tertiary/aromatic N) is 44. The lowest BCUT2D eigenvalue weighted by Crippen LogP contribution is -2.58. The maximum Gasteiger partial charge on any atom is 0.246 e. The van der Waals surface area contributed by atoms with Crippen molar-refractivity contribution in [2.24, 2.45) is 214 Å². The summed E-state index contributed by atoms with van der Waals surface area (Å²) in [5, 5.41) is 8.95. The second kappa shape index (κ2) is 15.4. The van der Waals surface area contributed by atoms with E-state index in [9.17, 15) is 0 Å². The summed E-state index contributed by atoms with van der Waals surface area (Å²) in [6.07, 6.45) is 0. The molecule has 53 nitrogen and oxygen atoms in total. The third-order valence-electron chi connectivity index (χ3n) is 12.9. The van der Waals surface area contributed by atoms with Crippen LogP contribution in [0.1, 0.15) is 0 Å². The van der Waals surface area contributed by atoms with Gasteiger partial charge in [-0.25, -0.2) is 39.2 Å². The average molecular weight is 1190 g/mol. The normalized spacial score (nSPS) is 24.9. The van der Waals surface area contributed by atoms with Crippen molar-refractivity contribution in [2.75, 3.05) is 0 Å². The SMILES string of the molecule is NC1=NC2=NC(N)=NC3=NC(N4C5=NC6=NC(N)=NC7=NC(=NC(=N5)N67)NC5=NC6=NC(=NC7=NC(N)=NC(=N5)N76)N5C6=NC7=NC(N)=NC8=NC(=NC(=N6)N78)NC6=NC7=NC(=NC8=NC(N)=NC(=N6)N87)NC6=NC7=NC5=NC5=NC4=NC(=N6)N75)=NC(=N1)N23. The minimum absolute atomic E-state index is 0.0498. The topological polar surface area (TPSA) is 663 Å². The predicted molar refractivity (Wildman–Crippen MR) is 317 cm³/mol. The zero-order valence-corrected chi connectivity index (χ0v) is 42.6. The predicted octanol–water partition coefficient (Wildman–Crippen LogP) is -11.0. The standard InChI is InChI=1S/C36H15N53/c37-1-43-13-44-2(38)51-20-71-30(70-19(50-1)82(13)20)88-31-72-21-52-5(41)48-17-61-10(66-26(75-31)85(17)21)57-11-62-18-49-6(42)54-23-74-33(77-27(67-11)86(18)23)89-32-73-22-53-4(40)47-16-60-9(65-25(76-32)84(16)22)55-7-58-14-45-3(39)46-15-59-8(64-24(63-7)83(14)15)56-12-68-28-78-34(88)80-36-81-35(89)79-29(69-12)87(28)36/h(H4,37,38,43,44,50,51,70,71)(H5,41,42,48,49,52,54,57,61,62,66,67,72,74,75,77)(H6,39,40,45,46,47,53,55,56,58,59,60,63,64,65,68,69,73,76,78,79,80,81). The fourth-order valence-electron chi connectivity index (χ4n) is 9.52. The van der Waals surface area contributed by atoms with Crippen molar-refractivity contribution >= 4 is 215 Å². The molecule has 0 unspecified atom stereocenters. The van der Waals surface area contributed by atoms with Crippen LogP contribution in [-0.4, -0.2) is 254 Å². The van der Waals surface area contributed by atoms with Crippen LogP contribution in [0.25, 0.3) is 0 Å². The van der Waals surface area contributed by atoms with Gasteiger partial charge in [-0.2, -0.15) is 180 Å². The summed E-state index contributed by atoms with van der Waals surface area (Å²) in [5.74, 6) is -7.99. The number of nitrogens with two attached hydrogens (primary N) is 6. The average Bonchev–Trinajstić information content (AvgIpc) is 1.09. The quantitative estimate of drug-likeness (QED) is 0.109. The van der Waals surface area contributed by atoms with E-state index in [0.29, 0.717) is 0 Å². The molecule has 0 saturated carbocycles. The Hall–Kier alpha value is -15.3. The van der Waals surface area contributed by atoms with E-state index >= 15 is 0 Å². The molecule has 0 aromatic carbocycles. The summed E-state index contributed by atoms with van der Waals surface area (Å²) >= 11 is 0. The van der Waals surface area contributed by atoms with Crippen molar-refractivity contribution in [3.05, 3.63) is 0 Å². The van der Waals surface area contributed by atoms with Crippen molar-refractivity contribution in [3.63, 3.8) is 0 Å². The van der Waals surface area contributed by atoms with Crippen LogP contribution in [0.2, 0.25) is 0 Å². The number of fused-ring (bicyclic) bond motifs is 7. The highest BCUT2D eigenvalue weighted by molar-refractivity contribution is 6.42. The second-order valence-corrected chi connectivity index (χ2v) is 18.4. The molecule has 20 aliphatic heterocycles. The van der Waals surface area contributed by atoms with E-state index in [2.05, 4.69) is 111 Å². The summed E-state index contributed by atoms with van der Waals surface area (Å²) in [4.78, 5) is 177. The van der Waals surface area contributed by atoms with Gasteiger partial charge in [0.05, 0.1) is 0 Å². The van der Waals surface area contributed by atoms with Gasteiger partial charge in [-0.1, -0.05) is 0 Å². The molecule has 0 aromatic rings. The molecule has 89 heavy (non-hydrogen) atoms. The molecule has 0 fully saturated rings. The smallest absolute Gasteiger partial charge is 0.246 e. The largest absolute Gasteiger partial charge is 0.368 e. The summed E-state index contributed by atoms with van der Waals surface area (Å²) in [5.41, 5.74) is 37.8. The first kappa shape index (κ1) is 45.3. The molecule has 20 heterocycles. The number of nitrogens with one attached hydrogen (secondary N) is 3. The van der Waals surface area contributed by atoms with E-state index in [4.69, 9.17) is 119 Å².